The molecule has 8 nitrogen and oxygen atoms in total. The third-order valence-corrected chi connectivity index (χ3v) is 4.28. The molecule has 1 aliphatic heterocycles. The first-order valence-electron chi connectivity index (χ1n) is 8.76. The quantitative estimate of drug-likeness (QED) is 0.752. The van der Waals surface area contributed by atoms with Crippen LogP contribution >= 0.6 is 0 Å². The molecule has 0 radical (unpaired) electrons. The molecule has 8 heteroatoms. The van der Waals surface area contributed by atoms with Crippen LogP contribution in [0.1, 0.15) is 30.6 Å². The number of hydrogen-bond acceptors (Lipinski definition) is 5. The Morgan fingerprint density at radius 1 is 1.22 bits per heavy atom. The minimum Gasteiger partial charge on any atom is -0.455 e. The van der Waals surface area contributed by atoms with Crippen molar-refractivity contribution in [1.82, 2.24) is 9.80 Å². The molecular weight excluding hydrogens is 350 g/mol. The largest absolute Gasteiger partial charge is 0.455 e. The molecule has 2 rings (SSSR count). The number of nitrogens with one attached hydrogen (secondary N) is 1. The molecule has 0 saturated carbocycles. The molecule has 1 aliphatic rings. The van der Waals surface area contributed by atoms with Gasteiger partial charge in [-0.25, -0.2) is 0 Å². The molecule has 0 aromatic heterocycles. The zero-order chi connectivity index (χ0) is 20.1. The highest BCUT2D eigenvalue weighted by Gasteiger charge is 2.36. The summed E-state index contributed by atoms with van der Waals surface area (Å²) in [6, 6.07) is 6.45. The summed E-state index contributed by atoms with van der Waals surface area (Å²) in [5, 5.41) is 2.60. The fourth-order valence-electron chi connectivity index (χ4n) is 2.79. The Hall–Kier alpha value is -2.90. The fraction of sp³-hybridized carbons (Fsp3) is 0.474. The molecule has 1 N–H and O–H groups in total. The van der Waals surface area contributed by atoms with Crippen molar-refractivity contribution in [2.75, 3.05) is 32.6 Å². The van der Waals surface area contributed by atoms with E-state index in [4.69, 9.17) is 4.74 Å². The highest BCUT2D eigenvalue weighted by Crippen LogP contribution is 2.21. The number of rotatable bonds is 6. The van der Waals surface area contributed by atoms with Crippen LogP contribution in [0.15, 0.2) is 24.3 Å². The van der Waals surface area contributed by atoms with Crippen LogP contribution in [0.3, 0.4) is 0 Å². The van der Waals surface area contributed by atoms with Gasteiger partial charge in [0.15, 0.2) is 6.61 Å². The van der Waals surface area contributed by atoms with Crippen molar-refractivity contribution in [1.29, 1.82) is 0 Å². The first-order valence-corrected chi connectivity index (χ1v) is 8.76. The maximum atomic E-state index is 12.1. The lowest BCUT2D eigenvalue weighted by atomic mass is 10.1. The standard InChI is InChI=1S/C19H25N3O5/c1-12(2)22-10-14(9-17(22)24)19(26)27-11-16(23)20-15-7-5-13(6-8-15)18(25)21(3)4/h5-8,12,14H,9-11H2,1-4H3,(H,20,23). The van der Waals surface area contributed by atoms with Crippen LogP contribution in [0.4, 0.5) is 5.69 Å². The average molecular weight is 375 g/mol. The molecule has 1 fully saturated rings. The topological polar surface area (TPSA) is 96.0 Å². The van der Waals surface area contributed by atoms with Gasteiger partial charge < -0.3 is 19.9 Å². The van der Waals surface area contributed by atoms with E-state index in [9.17, 15) is 19.2 Å². The van der Waals surface area contributed by atoms with Gasteiger partial charge in [-0.3, -0.25) is 19.2 Å². The van der Waals surface area contributed by atoms with E-state index >= 15 is 0 Å². The summed E-state index contributed by atoms with van der Waals surface area (Å²) < 4.78 is 5.04. The van der Waals surface area contributed by atoms with Crippen molar-refractivity contribution in [2.45, 2.75) is 26.3 Å². The van der Waals surface area contributed by atoms with Crippen LogP contribution in [0.2, 0.25) is 0 Å². The second kappa shape index (κ2) is 8.66. The zero-order valence-electron chi connectivity index (χ0n) is 16.0. The van der Waals surface area contributed by atoms with Crippen LogP contribution in [-0.2, 0) is 19.1 Å². The normalized spacial score (nSPS) is 16.4. The Morgan fingerprint density at radius 2 is 1.85 bits per heavy atom. The lowest BCUT2D eigenvalue weighted by molar-refractivity contribution is -0.151. The Kier molecular flexibility index (Phi) is 6.55. The number of benzene rings is 1. The third kappa shape index (κ3) is 5.29. The maximum Gasteiger partial charge on any atom is 0.311 e. The van der Waals surface area contributed by atoms with Gasteiger partial charge in [-0.15, -0.1) is 0 Å². The molecule has 0 aliphatic carbocycles. The average Bonchev–Trinajstić information content (AvgIpc) is 3.01. The van der Waals surface area contributed by atoms with E-state index in [0.29, 0.717) is 17.8 Å². The van der Waals surface area contributed by atoms with Crippen LogP contribution in [0, 0.1) is 5.92 Å². The summed E-state index contributed by atoms with van der Waals surface area (Å²) in [4.78, 5) is 50.8. The van der Waals surface area contributed by atoms with Crippen LogP contribution in [0.25, 0.3) is 0 Å². The molecule has 27 heavy (non-hydrogen) atoms. The highest BCUT2D eigenvalue weighted by atomic mass is 16.5. The van der Waals surface area contributed by atoms with Crippen LogP contribution in [-0.4, -0.2) is 66.8 Å². The van der Waals surface area contributed by atoms with Gasteiger partial charge in [0.1, 0.15) is 0 Å². The van der Waals surface area contributed by atoms with Crippen molar-refractivity contribution < 1.29 is 23.9 Å². The third-order valence-electron chi connectivity index (χ3n) is 4.28. The molecule has 1 aromatic rings. The first kappa shape index (κ1) is 20.4. The van der Waals surface area contributed by atoms with Gasteiger partial charge in [0, 0.05) is 44.4 Å². The lowest BCUT2D eigenvalue weighted by Crippen LogP contribution is -2.33. The monoisotopic (exact) mass is 375 g/mol. The second-order valence-corrected chi connectivity index (χ2v) is 6.97. The molecular formula is C19H25N3O5. The maximum absolute atomic E-state index is 12.1. The number of ether oxygens (including phenoxy) is 1. The molecule has 1 heterocycles. The molecule has 1 atom stereocenters. The van der Waals surface area contributed by atoms with Crippen molar-refractivity contribution in [3.05, 3.63) is 29.8 Å². The molecule has 146 valence electrons. The summed E-state index contributed by atoms with van der Waals surface area (Å²) in [6.45, 7) is 3.66. The molecule has 0 bridgehead atoms. The number of hydrogen-bond donors (Lipinski definition) is 1. The Bertz CT molecular complexity index is 727. The van der Waals surface area contributed by atoms with Gasteiger partial charge in [0.05, 0.1) is 5.92 Å². The minimum absolute atomic E-state index is 0.0287. The number of carbonyl (C=O) groups is 4. The van der Waals surface area contributed by atoms with Crippen LogP contribution < -0.4 is 5.32 Å². The first-order chi connectivity index (χ1) is 12.7. The zero-order valence-corrected chi connectivity index (χ0v) is 16.0. The second-order valence-electron chi connectivity index (χ2n) is 6.97. The van der Waals surface area contributed by atoms with E-state index in [-0.39, 0.29) is 24.3 Å². The van der Waals surface area contributed by atoms with Crippen molar-refractivity contribution in [3.8, 4) is 0 Å². The van der Waals surface area contributed by atoms with Gasteiger partial charge in [0.25, 0.3) is 11.8 Å². The van der Waals surface area contributed by atoms with Gasteiger partial charge in [-0.2, -0.15) is 0 Å². The minimum atomic E-state index is -0.548. The molecule has 0 spiro atoms. The molecule has 1 unspecified atom stereocenters. The van der Waals surface area contributed by atoms with Crippen molar-refractivity contribution >= 4 is 29.4 Å². The van der Waals surface area contributed by atoms with Gasteiger partial charge in [0.2, 0.25) is 5.91 Å². The summed E-state index contributed by atoms with van der Waals surface area (Å²) >= 11 is 0. The van der Waals surface area contributed by atoms with E-state index in [2.05, 4.69) is 5.32 Å². The summed E-state index contributed by atoms with van der Waals surface area (Å²) in [7, 11) is 3.31. The molecule has 1 aromatic carbocycles. The fourth-order valence-corrected chi connectivity index (χ4v) is 2.79. The van der Waals surface area contributed by atoms with Gasteiger partial charge in [-0.05, 0) is 38.1 Å². The van der Waals surface area contributed by atoms with E-state index in [0.717, 1.165) is 0 Å². The predicted octanol–water partition coefficient (Wildman–Crippen LogP) is 1.13. The van der Waals surface area contributed by atoms with Gasteiger partial charge >= 0.3 is 5.97 Å². The number of amides is 3. The Balaban J connectivity index is 1.82. The summed E-state index contributed by atoms with van der Waals surface area (Å²) in [6.07, 6.45) is 0.111. The summed E-state index contributed by atoms with van der Waals surface area (Å²) in [5.41, 5.74) is 0.999. The van der Waals surface area contributed by atoms with E-state index in [1.165, 1.54) is 4.90 Å². The smallest absolute Gasteiger partial charge is 0.311 e. The highest BCUT2D eigenvalue weighted by molar-refractivity contribution is 5.96. The van der Waals surface area contributed by atoms with Crippen LogP contribution in [0.5, 0.6) is 0 Å². The van der Waals surface area contributed by atoms with E-state index in [1.54, 1.807) is 43.3 Å². The van der Waals surface area contributed by atoms with Crippen molar-refractivity contribution in [3.63, 3.8) is 0 Å². The van der Waals surface area contributed by atoms with Gasteiger partial charge in [-0.1, -0.05) is 0 Å². The number of anilines is 1. The number of esters is 1. The molecule has 1 saturated heterocycles. The Labute approximate surface area is 158 Å². The summed E-state index contributed by atoms with van der Waals surface area (Å²) in [5.74, 6) is -1.79. The number of likely N-dealkylation sites (tertiary alicyclic amines) is 1. The van der Waals surface area contributed by atoms with Crippen molar-refractivity contribution in [2.24, 2.45) is 5.92 Å². The SMILES string of the molecule is CC(C)N1CC(C(=O)OCC(=O)Nc2ccc(C(=O)N(C)C)cc2)CC1=O. The number of carbonyl (C=O) groups excluding carboxylic acids is 4. The molecule has 3 amide bonds. The van der Waals surface area contributed by atoms with E-state index in [1.807, 2.05) is 13.8 Å². The Morgan fingerprint density at radius 3 is 2.37 bits per heavy atom. The lowest BCUT2D eigenvalue weighted by Gasteiger charge is -2.20. The number of nitrogens with zero attached hydrogens (tertiary/aromatic N) is 2. The predicted molar refractivity (Wildman–Crippen MR) is 99.0 cm³/mol. The van der Waals surface area contributed by atoms with E-state index < -0.39 is 24.4 Å².